The number of hydrogen-bond donors (Lipinski definition) is 2. The van der Waals surface area contributed by atoms with Crippen LogP contribution in [-0.2, 0) is 0 Å². The minimum atomic E-state index is -2.82. The summed E-state index contributed by atoms with van der Waals surface area (Å²) >= 11 is 2.70. The lowest BCUT2D eigenvalue weighted by molar-refractivity contribution is 0.146. The highest BCUT2D eigenvalue weighted by atomic mass is 79.9. The maximum atomic E-state index is 12.1. The summed E-state index contributed by atoms with van der Waals surface area (Å²) < 4.78 is 24.0. The summed E-state index contributed by atoms with van der Waals surface area (Å²) in [4.78, 5) is 12.7. The van der Waals surface area contributed by atoms with Gasteiger partial charge in [0.05, 0.1) is 10.2 Å². The van der Waals surface area contributed by atoms with Gasteiger partial charge in [-0.1, -0.05) is 0 Å². The van der Waals surface area contributed by atoms with Gasteiger partial charge in [0.25, 0.3) is 12.0 Å². The second kappa shape index (κ2) is 3.22. The fourth-order valence-electron chi connectivity index (χ4n) is 0.734. The molecule has 1 aromatic heterocycles. The first kappa shape index (κ1) is 9.18. The van der Waals surface area contributed by atoms with Crippen molar-refractivity contribution in [2.75, 3.05) is 0 Å². The van der Waals surface area contributed by atoms with Gasteiger partial charge in [0.2, 0.25) is 0 Å². The van der Waals surface area contributed by atoms with Crippen LogP contribution < -0.4 is 5.56 Å². The third-order valence-corrected chi connectivity index (χ3v) is 1.86. The van der Waals surface area contributed by atoms with Crippen LogP contribution in [0.1, 0.15) is 12.0 Å². The highest BCUT2D eigenvalue weighted by molar-refractivity contribution is 9.10. The monoisotopic (exact) mass is 239 g/mol. The molecular formula is C6H4BrF2NO2. The molecule has 0 saturated carbocycles. The predicted molar refractivity (Wildman–Crippen MR) is 41.4 cm³/mol. The average Bonchev–Trinajstić information content (AvgIpc) is 1.82. The standard InChI is InChI=1S/C6H4BrF2NO2/c7-5-4(6(8)9)2(11)1-3(12)10-5/h1,6H,(H2,10,11,12). The van der Waals surface area contributed by atoms with Gasteiger partial charge in [-0.3, -0.25) is 4.79 Å². The van der Waals surface area contributed by atoms with Crippen LogP contribution in [0.3, 0.4) is 0 Å². The summed E-state index contributed by atoms with van der Waals surface area (Å²) in [7, 11) is 0. The Kier molecular flexibility index (Phi) is 2.46. The molecule has 2 N–H and O–H groups in total. The van der Waals surface area contributed by atoms with E-state index < -0.39 is 23.3 Å². The van der Waals surface area contributed by atoms with Crippen molar-refractivity contribution in [3.63, 3.8) is 0 Å². The Labute approximate surface area is 74.2 Å². The van der Waals surface area contributed by atoms with Crippen molar-refractivity contribution >= 4 is 15.9 Å². The minimum absolute atomic E-state index is 0.192. The molecule has 0 unspecified atom stereocenters. The molecule has 0 aromatic carbocycles. The maximum absolute atomic E-state index is 12.1. The van der Waals surface area contributed by atoms with Crippen LogP contribution in [0.25, 0.3) is 0 Å². The number of rotatable bonds is 1. The van der Waals surface area contributed by atoms with E-state index >= 15 is 0 Å². The number of aromatic hydroxyl groups is 1. The number of aromatic nitrogens is 1. The highest BCUT2D eigenvalue weighted by Gasteiger charge is 2.17. The number of aromatic amines is 1. The van der Waals surface area contributed by atoms with Crippen molar-refractivity contribution in [1.82, 2.24) is 4.98 Å². The second-order valence-electron chi connectivity index (χ2n) is 2.05. The number of alkyl halides is 2. The molecule has 0 atom stereocenters. The number of H-pyrrole nitrogens is 1. The minimum Gasteiger partial charge on any atom is -0.507 e. The molecule has 0 aliphatic rings. The Morgan fingerprint density at radius 2 is 2.17 bits per heavy atom. The Bertz CT molecular complexity index is 324. The van der Waals surface area contributed by atoms with E-state index in [9.17, 15) is 13.6 Å². The lowest BCUT2D eigenvalue weighted by atomic mass is 10.3. The summed E-state index contributed by atoms with van der Waals surface area (Å²) in [5.41, 5.74) is -1.24. The third-order valence-electron chi connectivity index (χ3n) is 1.23. The number of nitrogens with one attached hydrogen (secondary N) is 1. The molecule has 0 aliphatic heterocycles. The van der Waals surface area contributed by atoms with Crippen LogP contribution in [0.5, 0.6) is 5.75 Å². The third kappa shape index (κ3) is 1.63. The zero-order chi connectivity index (χ0) is 9.30. The Hall–Kier alpha value is -0.910. The van der Waals surface area contributed by atoms with Crippen molar-refractivity contribution in [2.24, 2.45) is 0 Å². The highest BCUT2D eigenvalue weighted by Crippen LogP contribution is 2.31. The zero-order valence-corrected chi connectivity index (χ0v) is 7.23. The lowest BCUT2D eigenvalue weighted by Gasteiger charge is -2.03. The van der Waals surface area contributed by atoms with Crippen molar-refractivity contribution < 1.29 is 13.9 Å². The van der Waals surface area contributed by atoms with E-state index in [0.717, 1.165) is 0 Å². The number of hydrogen-bond acceptors (Lipinski definition) is 2. The zero-order valence-electron chi connectivity index (χ0n) is 5.64. The summed E-state index contributed by atoms with van der Waals surface area (Å²) in [6.45, 7) is 0. The summed E-state index contributed by atoms with van der Waals surface area (Å²) in [5, 5.41) is 8.91. The van der Waals surface area contributed by atoms with Crippen LogP contribution in [0.2, 0.25) is 0 Å². The molecule has 0 aliphatic carbocycles. The van der Waals surface area contributed by atoms with Gasteiger partial charge in [-0.25, -0.2) is 8.78 Å². The molecule has 0 radical (unpaired) electrons. The maximum Gasteiger partial charge on any atom is 0.269 e. The molecule has 1 heterocycles. The molecule has 0 fully saturated rings. The fourth-order valence-corrected chi connectivity index (χ4v) is 1.31. The second-order valence-corrected chi connectivity index (χ2v) is 2.84. The van der Waals surface area contributed by atoms with E-state index in [4.69, 9.17) is 5.11 Å². The fraction of sp³-hybridized carbons (Fsp3) is 0.167. The topological polar surface area (TPSA) is 53.1 Å². The average molecular weight is 240 g/mol. The van der Waals surface area contributed by atoms with Gasteiger partial charge in [0.1, 0.15) is 5.75 Å². The molecule has 0 spiro atoms. The first-order valence-electron chi connectivity index (χ1n) is 2.92. The van der Waals surface area contributed by atoms with Gasteiger partial charge < -0.3 is 10.1 Å². The van der Waals surface area contributed by atoms with Crippen molar-refractivity contribution in [1.29, 1.82) is 0 Å². The van der Waals surface area contributed by atoms with Crippen LogP contribution in [0.15, 0.2) is 15.5 Å². The largest absolute Gasteiger partial charge is 0.507 e. The van der Waals surface area contributed by atoms with Gasteiger partial charge in [-0.2, -0.15) is 0 Å². The molecule has 1 rings (SSSR count). The van der Waals surface area contributed by atoms with Gasteiger partial charge in [-0.15, -0.1) is 0 Å². The van der Waals surface area contributed by atoms with Gasteiger partial charge in [-0.05, 0) is 15.9 Å². The quantitative estimate of drug-likeness (QED) is 0.735. The van der Waals surface area contributed by atoms with Gasteiger partial charge in [0.15, 0.2) is 0 Å². The smallest absolute Gasteiger partial charge is 0.269 e. The van der Waals surface area contributed by atoms with Crippen LogP contribution in [0, 0.1) is 0 Å². The van der Waals surface area contributed by atoms with E-state index in [1.165, 1.54) is 0 Å². The Morgan fingerprint density at radius 1 is 1.58 bits per heavy atom. The van der Waals surface area contributed by atoms with Crippen LogP contribution in [0.4, 0.5) is 8.78 Å². The summed E-state index contributed by atoms with van der Waals surface area (Å²) in [5.74, 6) is -0.708. The molecule has 66 valence electrons. The molecule has 0 amide bonds. The molecular weight excluding hydrogens is 236 g/mol. The normalized spacial score (nSPS) is 10.7. The van der Waals surface area contributed by atoms with Crippen molar-refractivity contribution in [3.05, 3.63) is 26.6 Å². The predicted octanol–water partition coefficient (Wildman–Crippen LogP) is 1.78. The molecule has 12 heavy (non-hydrogen) atoms. The van der Waals surface area contributed by atoms with Crippen LogP contribution in [-0.4, -0.2) is 10.1 Å². The molecule has 0 bridgehead atoms. The number of halogens is 3. The van der Waals surface area contributed by atoms with Crippen molar-refractivity contribution in [2.45, 2.75) is 6.43 Å². The van der Waals surface area contributed by atoms with Crippen molar-refractivity contribution in [3.8, 4) is 5.75 Å². The Morgan fingerprint density at radius 3 is 2.58 bits per heavy atom. The molecule has 0 saturated heterocycles. The lowest BCUT2D eigenvalue weighted by Crippen LogP contribution is -2.06. The molecule has 3 nitrogen and oxygen atoms in total. The van der Waals surface area contributed by atoms with E-state index in [1.807, 2.05) is 0 Å². The van der Waals surface area contributed by atoms with Crippen LogP contribution >= 0.6 is 15.9 Å². The SMILES string of the molecule is O=c1cc(O)c(C(F)F)c(Br)[nH]1. The first-order valence-corrected chi connectivity index (χ1v) is 3.71. The Balaban J connectivity index is 3.38. The first-order chi connectivity index (χ1) is 5.52. The summed E-state index contributed by atoms with van der Waals surface area (Å²) in [6.07, 6.45) is -2.82. The van der Waals surface area contributed by atoms with Gasteiger partial charge in [0, 0.05) is 6.07 Å². The number of pyridine rings is 1. The molecule has 1 aromatic rings. The van der Waals surface area contributed by atoms with E-state index in [-0.39, 0.29) is 4.60 Å². The molecule has 6 heteroatoms. The summed E-state index contributed by atoms with van der Waals surface area (Å²) in [6, 6.07) is 0.701. The van der Waals surface area contributed by atoms with E-state index in [0.29, 0.717) is 6.07 Å². The van der Waals surface area contributed by atoms with E-state index in [2.05, 4.69) is 20.9 Å². The van der Waals surface area contributed by atoms with Gasteiger partial charge >= 0.3 is 0 Å². The van der Waals surface area contributed by atoms with E-state index in [1.54, 1.807) is 0 Å².